The highest BCUT2D eigenvalue weighted by Gasteiger charge is 2.22. The molecule has 4 nitrogen and oxygen atoms in total. The standard InChI is InChI=1S/C21H14N2O2S/c24-20(15-10-5-7-13-6-1-2-8-14(13)15)23-21-22-19-16-9-3-4-11-17(16)25-12-18(19)26-21/h1-11H,12H2,(H,22,23,24). The van der Waals surface area contributed by atoms with Gasteiger partial charge in [-0.3, -0.25) is 10.1 Å². The summed E-state index contributed by atoms with van der Waals surface area (Å²) in [6, 6.07) is 21.4. The van der Waals surface area contributed by atoms with E-state index in [9.17, 15) is 4.79 Å². The zero-order valence-electron chi connectivity index (χ0n) is 13.7. The summed E-state index contributed by atoms with van der Waals surface area (Å²) in [5.41, 5.74) is 2.51. The molecule has 0 saturated carbocycles. The fourth-order valence-corrected chi connectivity index (χ4v) is 4.12. The average molecular weight is 358 g/mol. The maximum absolute atomic E-state index is 12.8. The molecule has 0 fully saturated rings. The van der Waals surface area contributed by atoms with Gasteiger partial charge in [0.1, 0.15) is 12.4 Å². The molecule has 0 bridgehead atoms. The van der Waals surface area contributed by atoms with Gasteiger partial charge in [-0.05, 0) is 29.0 Å². The predicted octanol–water partition coefficient (Wildman–Crippen LogP) is 5.11. The number of hydrogen-bond acceptors (Lipinski definition) is 4. The van der Waals surface area contributed by atoms with Gasteiger partial charge in [-0.15, -0.1) is 0 Å². The first kappa shape index (κ1) is 15.1. The number of nitrogens with one attached hydrogen (secondary N) is 1. The summed E-state index contributed by atoms with van der Waals surface area (Å²) in [7, 11) is 0. The van der Waals surface area contributed by atoms with Crippen molar-refractivity contribution in [2.45, 2.75) is 6.61 Å². The summed E-state index contributed by atoms with van der Waals surface area (Å²) >= 11 is 1.46. The van der Waals surface area contributed by atoms with Gasteiger partial charge in [-0.1, -0.05) is 59.9 Å². The van der Waals surface area contributed by atoms with Crippen molar-refractivity contribution >= 4 is 33.1 Å². The minimum Gasteiger partial charge on any atom is -0.487 e. The minimum atomic E-state index is -0.151. The Labute approximate surface area is 154 Å². The SMILES string of the molecule is O=C(Nc1nc2c(s1)COc1ccccc1-2)c1cccc2ccccc12. The van der Waals surface area contributed by atoms with Crippen LogP contribution in [0, 0.1) is 0 Å². The van der Waals surface area contributed by atoms with Crippen LogP contribution in [0.5, 0.6) is 5.75 Å². The Morgan fingerprint density at radius 1 is 1.00 bits per heavy atom. The molecule has 0 aliphatic carbocycles. The number of thiazole rings is 1. The van der Waals surface area contributed by atoms with Crippen LogP contribution >= 0.6 is 11.3 Å². The first-order valence-electron chi connectivity index (χ1n) is 8.30. The molecule has 0 radical (unpaired) electrons. The first-order chi connectivity index (χ1) is 12.8. The number of amides is 1. The van der Waals surface area contributed by atoms with Crippen LogP contribution in [0.4, 0.5) is 5.13 Å². The Hall–Kier alpha value is -3.18. The van der Waals surface area contributed by atoms with Crippen LogP contribution in [0.3, 0.4) is 0 Å². The third-order valence-corrected chi connectivity index (χ3v) is 5.40. The van der Waals surface area contributed by atoms with Gasteiger partial charge in [0.2, 0.25) is 0 Å². The number of anilines is 1. The van der Waals surface area contributed by atoms with E-state index in [0.29, 0.717) is 17.3 Å². The lowest BCUT2D eigenvalue weighted by molar-refractivity contribution is 0.102. The molecule has 0 spiro atoms. The van der Waals surface area contributed by atoms with Gasteiger partial charge in [0.15, 0.2) is 5.13 Å². The molecule has 3 aromatic carbocycles. The van der Waals surface area contributed by atoms with Crippen molar-refractivity contribution in [3.05, 3.63) is 77.2 Å². The van der Waals surface area contributed by atoms with Gasteiger partial charge < -0.3 is 4.74 Å². The van der Waals surface area contributed by atoms with Gasteiger partial charge in [0, 0.05) is 11.1 Å². The lowest BCUT2D eigenvalue weighted by Crippen LogP contribution is -2.12. The number of hydrogen-bond donors (Lipinski definition) is 1. The molecule has 2 heterocycles. The predicted molar refractivity (Wildman–Crippen MR) is 104 cm³/mol. The lowest BCUT2D eigenvalue weighted by Gasteiger charge is -2.15. The van der Waals surface area contributed by atoms with E-state index in [1.807, 2.05) is 66.7 Å². The Morgan fingerprint density at radius 3 is 2.77 bits per heavy atom. The summed E-state index contributed by atoms with van der Waals surface area (Å²) in [5, 5.41) is 5.52. The van der Waals surface area contributed by atoms with Gasteiger partial charge in [-0.2, -0.15) is 0 Å². The van der Waals surface area contributed by atoms with Crippen molar-refractivity contribution in [1.29, 1.82) is 0 Å². The van der Waals surface area contributed by atoms with E-state index < -0.39 is 0 Å². The molecule has 5 rings (SSSR count). The number of carbonyl (C=O) groups is 1. The minimum absolute atomic E-state index is 0.151. The van der Waals surface area contributed by atoms with Crippen LogP contribution in [-0.4, -0.2) is 10.9 Å². The van der Waals surface area contributed by atoms with E-state index in [4.69, 9.17) is 4.74 Å². The Kier molecular flexibility index (Phi) is 3.47. The second-order valence-corrected chi connectivity index (χ2v) is 7.14. The molecule has 26 heavy (non-hydrogen) atoms. The number of para-hydroxylation sites is 1. The quantitative estimate of drug-likeness (QED) is 0.542. The zero-order valence-corrected chi connectivity index (χ0v) is 14.5. The molecule has 0 unspecified atom stereocenters. The highest BCUT2D eigenvalue weighted by molar-refractivity contribution is 7.16. The average Bonchev–Trinajstić information content (AvgIpc) is 3.10. The largest absolute Gasteiger partial charge is 0.487 e. The summed E-state index contributed by atoms with van der Waals surface area (Å²) in [6.07, 6.45) is 0. The van der Waals surface area contributed by atoms with Gasteiger partial charge in [-0.25, -0.2) is 4.98 Å². The van der Waals surface area contributed by atoms with Crippen LogP contribution in [0.25, 0.3) is 22.0 Å². The number of rotatable bonds is 2. The van der Waals surface area contributed by atoms with E-state index in [1.165, 1.54) is 11.3 Å². The zero-order chi connectivity index (χ0) is 17.5. The third kappa shape index (κ3) is 2.45. The van der Waals surface area contributed by atoms with Crippen LogP contribution in [0.15, 0.2) is 66.7 Å². The molecule has 1 N–H and O–H groups in total. The molecular formula is C21H14N2O2S. The number of fused-ring (bicyclic) bond motifs is 4. The second kappa shape index (κ2) is 5.97. The highest BCUT2D eigenvalue weighted by Crippen LogP contribution is 2.40. The van der Waals surface area contributed by atoms with Crippen LogP contribution in [-0.2, 0) is 6.61 Å². The fourth-order valence-electron chi connectivity index (χ4n) is 3.23. The Bertz CT molecular complexity index is 1140. The van der Waals surface area contributed by atoms with Crippen molar-refractivity contribution in [3.63, 3.8) is 0 Å². The summed E-state index contributed by atoms with van der Waals surface area (Å²) in [5.74, 6) is 0.680. The normalized spacial score (nSPS) is 12.2. The maximum Gasteiger partial charge on any atom is 0.258 e. The smallest absolute Gasteiger partial charge is 0.258 e. The number of benzene rings is 3. The van der Waals surface area contributed by atoms with E-state index in [-0.39, 0.29) is 5.91 Å². The first-order valence-corrected chi connectivity index (χ1v) is 9.12. The topological polar surface area (TPSA) is 51.2 Å². The van der Waals surface area contributed by atoms with Crippen molar-refractivity contribution in [2.75, 3.05) is 5.32 Å². The van der Waals surface area contributed by atoms with E-state index >= 15 is 0 Å². The van der Waals surface area contributed by atoms with Gasteiger partial charge in [0.05, 0.1) is 10.6 Å². The fraction of sp³-hybridized carbons (Fsp3) is 0.0476. The van der Waals surface area contributed by atoms with Crippen molar-refractivity contribution in [1.82, 2.24) is 4.98 Å². The summed E-state index contributed by atoms with van der Waals surface area (Å²) < 4.78 is 5.77. The van der Waals surface area contributed by atoms with Crippen LogP contribution in [0.1, 0.15) is 15.2 Å². The van der Waals surface area contributed by atoms with Gasteiger partial charge in [0.25, 0.3) is 5.91 Å². The summed E-state index contributed by atoms with van der Waals surface area (Å²) in [4.78, 5) is 18.5. The highest BCUT2D eigenvalue weighted by atomic mass is 32.1. The Balaban J connectivity index is 1.49. The molecule has 1 aliphatic rings. The monoisotopic (exact) mass is 358 g/mol. The molecule has 4 aromatic rings. The van der Waals surface area contributed by atoms with Crippen LogP contribution in [0.2, 0.25) is 0 Å². The molecule has 5 heteroatoms. The summed E-state index contributed by atoms with van der Waals surface area (Å²) in [6.45, 7) is 0.480. The molecule has 0 saturated heterocycles. The number of carbonyl (C=O) groups excluding carboxylic acids is 1. The molecule has 1 aromatic heterocycles. The molecule has 1 amide bonds. The molecule has 0 atom stereocenters. The van der Waals surface area contributed by atoms with Gasteiger partial charge >= 0.3 is 0 Å². The molecular weight excluding hydrogens is 344 g/mol. The van der Waals surface area contributed by atoms with E-state index in [2.05, 4.69) is 10.3 Å². The van der Waals surface area contributed by atoms with Crippen LogP contribution < -0.4 is 10.1 Å². The molecule has 1 aliphatic heterocycles. The number of ether oxygens (including phenoxy) is 1. The van der Waals surface area contributed by atoms with E-state index in [0.717, 1.165) is 32.7 Å². The van der Waals surface area contributed by atoms with Crippen molar-refractivity contribution < 1.29 is 9.53 Å². The second-order valence-electron chi connectivity index (χ2n) is 6.06. The molecule has 126 valence electrons. The van der Waals surface area contributed by atoms with Crippen molar-refractivity contribution in [3.8, 4) is 17.0 Å². The van der Waals surface area contributed by atoms with Crippen molar-refractivity contribution in [2.24, 2.45) is 0 Å². The lowest BCUT2D eigenvalue weighted by atomic mass is 10.0. The maximum atomic E-state index is 12.8. The third-order valence-electron chi connectivity index (χ3n) is 4.45. The van der Waals surface area contributed by atoms with E-state index in [1.54, 1.807) is 0 Å². The number of aromatic nitrogens is 1. The Morgan fingerprint density at radius 2 is 1.81 bits per heavy atom. The number of nitrogens with zero attached hydrogens (tertiary/aromatic N) is 1.